The van der Waals surface area contributed by atoms with E-state index in [2.05, 4.69) is 0 Å². The third-order valence-electron chi connectivity index (χ3n) is 2.59. The maximum absolute atomic E-state index is 13.0. The molecule has 3 heteroatoms. The summed E-state index contributed by atoms with van der Waals surface area (Å²) in [6.45, 7) is 0. The molecule has 0 radical (unpaired) electrons. The van der Waals surface area contributed by atoms with Gasteiger partial charge in [-0.1, -0.05) is 0 Å². The number of nitrogens with two attached hydrogens (primary N) is 2. The highest BCUT2D eigenvalue weighted by Gasteiger charge is 2.16. The molecule has 1 aliphatic carbocycles. The van der Waals surface area contributed by atoms with E-state index in [9.17, 15) is 4.39 Å². The van der Waals surface area contributed by atoms with Gasteiger partial charge in [-0.15, -0.1) is 0 Å². The molecule has 0 aliphatic heterocycles. The number of hydrogen-bond donors (Lipinski definition) is 2. The Balaban J connectivity index is 2.43. The zero-order valence-electron chi connectivity index (χ0n) is 7.39. The number of halogens is 1. The Kier molecular flexibility index (Phi) is 1.96. The van der Waals surface area contributed by atoms with Crippen molar-refractivity contribution in [2.75, 3.05) is 5.73 Å². The van der Waals surface area contributed by atoms with Gasteiger partial charge in [0.2, 0.25) is 0 Å². The molecule has 0 saturated heterocycles. The summed E-state index contributed by atoms with van der Waals surface area (Å²) in [4.78, 5) is 0. The maximum Gasteiger partial charge on any atom is 0.146 e. The standard InChI is InChI=1S/C10H13FN2/c11-9-4-6-1-2-8(12)3-7(6)5-10(9)13/h4-5,8H,1-3,12-13H2/t8-/m1/s1. The average molecular weight is 180 g/mol. The van der Waals surface area contributed by atoms with Crippen molar-refractivity contribution >= 4 is 5.69 Å². The Morgan fingerprint density at radius 1 is 1.31 bits per heavy atom. The molecule has 2 nitrogen and oxygen atoms in total. The molecule has 1 aromatic rings. The van der Waals surface area contributed by atoms with Crippen molar-refractivity contribution in [2.45, 2.75) is 25.3 Å². The van der Waals surface area contributed by atoms with Crippen molar-refractivity contribution < 1.29 is 4.39 Å². The molecule has 0 saturated carbocycles. The van der Waals surface area contributed by atoms with Crippen molar-refractivity contribution in [1.82, 2.24) is 0 Å². The van der Waals surface area contributed by atoms with E-state index in [4.69, 9.17) is 11.5 Å². The molecular weight excluding hydrogens is 167 g/mol. The van der Waals surface area contributed by atoms with E-state index in [1.807, 2.05) is 0 Å². The predicted molar refractivity (Wildman–Crippen MR) is 50.8 cm³/mol. The number of nitrogen functional groups attached to an aromatic ring is 1. The highest BCUT2D eigenvalue weighted by atomic mass is 19.1. The van der Waals surface area contributed by atoms with Crippen LogP contribution in [0.2, 0.25) is 0 Å². The molecule has 0 amide bonds. The van der Waals surface area contributed by atoms with E-state index in [1.54, 1.807) is 6.07 Å². The van der Waals surface area contributed by atoms with Crippen LogP contribution < -0.4 is 11.5 Å². The van der Waals surface area contributed by atoms with Gasteiger partial charge in [0.1, 0.15) is 5.82 Å². The fourth-order valence-corrected chi connectivity index (χ4v) is 1.83. The Morgan fingerprint density at radius 3 is 2.85 bits per heavy atom. The summed E-state index contributed by atoms with van der Waals surface area (Å²) in [6, 6.07) is 3.46. The van der Waals surface area contributed by atoms with Crippen LogP contribution in [0, 0.1) is 5.82 Å². The minimum atomic E-state index is -0.311. The Morgan fingerprint density at radius 2 is 2.08 bits per heavy atom. The Hall–Kier alpha value is -1.09. The van der Waals surface area contributed by atoms with Crippen molar-refractivity contribution in [3.63, 3.8) is 0 Å². The van der Waals surface area contributed by atoms with E-state index >= 15 is 0 Å². The maximum atomic E-state index is 13.0. The van der Waals surface area contributed by atoms with Gasteiger partial charge >= 0.3 is 0 Å². The molecule has 0 spiro atoms. The summed E-state index contributed by atoms with van der Waals surface area (Å²) in [5, 5.41) is 0. The molecule has 70 valence electrons. The van der Waals surface area contributed by atoms with E-state index in [0.29, 0.717) is 0 Å². The molecule has 1 atom stereocenters. The fraction of sp³-hybridized carbons (Fsp3) is 0.400. The van der Waals surface area contributed by atoms with E-state index in [0.717, 1.165) is 30.4 Å². The third kappa shape index (κ3) is 1.52. The fourth-order valence-electron chi connectivity index (χ4n) is 1.83. The van der Waals surface area contributed by atoms with Gasteiger partial charge in [0.05, 0.1) is 5.69 Å². The molecule has 13 heavy (non-hydrogen) atoms. The summed E-state index contributed by atoms with van der Waals surface area (Å²) in [5.74, 6) is -0.311. The second-order valence-corrected chi connectivity index (χ2v) is 3.65. The van der Waals surface area contributed by atoms with E-state index in [-0.39, 0.29) is 17.5 Å². The molecule has 0 heterocycles. The van der Waals surface area contributed by atoms with Crippen LogP contribution in [0.4, 0.5) is 10.1 Å². The summed E-state index contributed by atoms with van der Waals surface area (Å²) >= 11 is 0. The van der Waals surface area contributed by atoms with Gasteiger partial charge in [-0.05, 0) is 42.5 Å². The molecule has 0 unspecified atom stereocenters. The smallest absolute Gasteiger partial charge is 0.146 e. The second kappa shape index (κ2) is 3.00. The highest BCUT2D eigenvalue weighted by molar-refractivity contribution is 5.47. The summed E-state index contributed by atoms with van der Waals surface area (Å²) in [6.07, 6.45) is 2.63. The van der Waals surface area contributed by atoms with Gasteiger partial charge in [-0.3, -0.25) is 0 Å². The second-order valence-electron chi connectivity index (χ2n) is 3.65. The lowest BCUT2D eigenvalue weighted by Crippen LogP contribution is -2.28. The van der Waals surface area contributed by atoms with Gasteiger partial charge in [0.25, 0.3) is 0 Å². The van der Waals surface area contributed by atoms with Crippen molar-refractivity contribution in [1.29, 1.82) is 0 Å². The summed E-state index contributed by atoms with van der Waals surface area (Å²) in [7, 11) is 0. The van der Waals surface area contributed by atoms with Crippen molar-refractivity contribution in [2.24, 2.45) is 5.73 Å². The number of fused-ring (bicyclic) bond motifs is 1. The van der Waals surface area contributed by atoms with Crippen LogP contribution in [0.15, 0.2) is 12.1 Å². The van der Waals surface area contributed by atoms with Gasteiger partial charge in [-0.2, -0.15) is 0 Å². The zero-order valence-corrected chi connectivity index (χ0v) is 7.39. The quantitative estimate of drug-likeness (QED) is 0.590. The van der Waals surface area contributed by atoms with E-state index < -0.39 is 0 Å². The number of hydrogen-bond acceptors (Lipinski definition) is 2. The molecule has 0 fully saturated rings. The number of benzene rings is 1. The normalized spacial score (nSPS) is 21.2. The summed E-state index contributed by atoms with van der Waals surface area (Å²) in [5.41, 5.74) is 13.7. The van der Waals surface area contributed by atoms with Crippen molar-refractivity contribution in [3.05, 3.63) is 29.1 Å². The lowest BCUT2D eigenvalue weighted by molar-refractivity contribution is 0.567. The van der Waals surface area contributed by atoms with E-state index in [1.165, 1.54) is 6.07 Å². The van der Waals surface area contributed by atoms with Crippen LogP contribution in [0.3, 0.4) is 0 Å². The number of anilines is 1. The van der Waals surface area contributed by atoms with Gasteiger partial charge < -0.3 is 11.5 Å². The Bertz CT molecular complexity index is 336. The first-order chi connectivity index (χ1) is 6.16. The Labute approximate surface area is 76.7 Å². The molecule has 0 bridgehead atoms. The lowest BCUT2D eigenvalue weighted by Gasteiger charge is -2.21. The molecule has 0 aromatic heterocycles. The first kappa shape index (κ1) is 8.51. The van der Waals surface area contributed by atoms with Crippen LogP contribution in [0.5, 0.6) is 0 Å². The van der Waals surface area contributed by atoms with Gasteiger partial charge in [0.15, 0.2) is 0 Å². The number of aryl methyl sites for hydroxylation is 1. The largest absolute Gasteiger partial charge is 0.396 e. The monoisotopic (exact) mass is 180 g/mol. The third-order valence-corrected chi connectivity index (χ3v) is 2.59. The molecule has 4 N–H and O–H groups in total. The minimum Gasteiger partial charge on any atom is -0.396 e. The molecular formula is C10H13FN2. The van der Waals surface area contributed by atoms with Crippen LogP contribution in [-0.2, 0) is 12.8 Å². The van der Waals surface area contributed by atoms with Crippen LogP contribution >= 0.6 is 0 Å². The van der Waals surface area contributed by atoms with Crippen LogP contribution in [-0.4, -0.2) is 6.04 Å². The zero-order chi connectivity index (χ0) is 9.42. The first-order valence-corrected chi connectivity index (χ1v) is 4.49. The summed E-state index contributed by atoms with van der Waals surface area (Å²) < 4.78 is 13.0. The first-order valence-electron chi connectivity index (χ1n) is 4.49. The molecule has 2 rings (SSSR count). The van der Waals surface area contributed by atoms with Crippen LogP contribution in [0.1, 0.15) is 17.5 Å². The minimum absolute atomic E-state index is 0.206. The van der Waals surface area contributed by atoms with Crippen molar-refractivity contribution in [3.8, 4) is 0 Å². The average Bonchev–Trinajstić information content (AvgIpc) is 2.08. The van der Waals surface area contributed by atoms with Gasteiger partial charge in [0, 0.05) is 6.04 Å². The molecule has 1 aromatic carbocycles. The topological polar surface area (TPSA) is 52.0 Å². The predicted octanol–water partition coefficient (Wildman–Crippen LogP) is 1.22. The SMILES string of the molecule is Nc1cc2c(cc1F)CC[C@@H](N)C2. The molecule has 1 aliphatic rings. The van der Waals surface area contributed by atoms with Crippen LogP contribution in [0.25, 0.3) is 0 Å². The highest BCUT2D eigenvalue weighted by Crippen LogP contribution is 2.24. The van der Waals surface area contributed by atoms with Gasteiger partial charge in [-0.25, -0.2) is 4.39 Å². The lowest BCUT2D eigenvalue weighted by atomic mass is 9.88. The number of rotatable bonds is 0.